The second-order valence-electron chi connectivity index (χ2n) is 9.11. The van der Waals surface area contributed by atoms with Gasteiger partial charge in [-0.1, -0.05) is 120 Å². The average Bonchev–Trinajstić information content (AvgIpc) is 3.10. The topological polar surface area (TPSA) is 55.8 Å². The average molecular weight is 457 g/mol. The summed E-state index contributed by atoms with van der Waals surface area (Å²) in [5.74, 6) is -0.705. The number of carbonyl (C=O) groups excluding carboxylic acids is 1. The molecule has 4 heteroatoms. The molecule has 1 aliphatic heterocycles. The van der Waals surface area contributed by atoms with Crippen LogP contribution >= 0.6 is 0 Å². The molecule has 0 unspecified atom stereocenters. The van der Waals surface area contributed by atoms with Gasteiger partial charge in [-0.15, -0.1) is 0 Å². The summed E-state index contributed by atoms with van der Waals surface area (Å²) < 4.78 is 10.8. The molecule has 0 aliphatic carbocycles. The maximum Gasteiger partial charge on any atom is 0.378 e. The van der Waals surface area contributed by atoms with Gasteiger partial charge in [0.05, 0.1) is 0 Å². The predicted molar refractivity (Wildman–Crippen MR) is 135 cm³/mol. The van der Waals surface area contributed by atoms with Crippen molar-refractivity contribution >= 4 is 5.97 Å². The van der Waals surface area contributed by atoms with Crippen LogP contribution in [0.3, 0.4) is 0 Å². The number of esters is 1. The maximum atomic E-state index is 12.0. The van der Waals surface area contributed by atoms with E-state index >= 15 is 0 Å². The van der Waals surface area contributed by atoms with Crippen LogP contribution in [0.4, 0.5) is 0 Å². The quantitative estimate of drug-likeness (QED) is 0.129. The molecule has 1 heterocycles. The summed E-state index contributed by atoms with van der Waals surface area (Å²) >= 11 is 0. The van der Waals surface area contributed by atoms with E-state index in [2.05, 4.69) is 19.1 Å². The number of rotatable bonds is 19. The van der Waals surface area contributed by atoms with Crippen LogP contribution < -0.4 is 0 Å². The van der Waals surface area contributed by atoms with Gasteiger partial charge in [0.15, 0.2) is 11.9 Å². The van der Waals surface area contributed by atoms with E-state index in [0.717, 1.165) is 18.4 Å². The highest BCUT2D eigenvalue weighted by atomic mass is 16.6. The van der Waals surface area contributed by atoms with Crippen LogP contribution in [-0.2, 0) is 20.9 Å². The Bertz CT molecular complexity index is 708. The Morgan fingerprint density at radius 1 is 0.848 bits per heavy atom. The predicted octanol–water partition coefficient (Wildman–Crippen LogP) is 8.33. The standard InChI is InChI=1S/C29H44O4/c1-2-3-4-5-6-7-8-9-10-11-12-13-14-15-16-20-23-26-27(30)28(29(31)33-26)32-24-25-21-18-17-19-22-25/h15-19,21-22,26,30H,2-14,20,23-24H2,1H3/t26-/m1/s1. The number of carbonyl (C=O) groups is 1. The summed E-state index contributed by atoms with van der Waals surface area (Å²) in [4.78, 5) is 12.0. The minimum Gasteiger partial charge on any atom is -0.505 e. The molecule has 4 nitrogen and oxygen atoms in total. The molecule has 184 valence electrons. The van der Waals surface area contributed by atoms with Crippen LogP contribution in [0.1, 0.15) is 109 Å². The first kappa shape index (κ1) is 27.0. The molecule has 0 saturated carbocycles. The lowest BCUT2D eigenvalue weighted by Crippen LogP contribution is -2.10. The summed E-state index contributed by atoms with van der Waals surface area (Å²) in [7, 11) is 0. The van der Waals surface area contributed by atoms with Crippen LogP contribution in [0.2, 0.25) is 0 Å². The van der Waals surface area contributed by atoms with E-state index in [1.807, 2.05) is 30.3 Å². The van der Waals surface area contributed by atoms with Gasteiger partial charge in [-0.25, -0.2) is 4.79 Å². The van der Waals surface area contributed by atoms with Crippen molar-refractivity contribution in [3.63, 3.8) is 0 Å². The normalized spacial score (nSPS) is 16.0. The van der Waals surface area contributed by atoms with Crippen molar-refractivity contribution in [1.82, 2.24) is 0 Å². The molecule has 0 spiro atoms. The van der Waals surface area contributed by atoms with Gasteiger partial charge in [-0.2, -0.15) is 0 Å². The zero-order valence-electron chi connectivity index (χ0n) is 20.6. The number of allylic oxidation sites excluding steroid dienone is 2. The van der Waals surface area contributed by atoms with Crippen LogP contribution in [0.15, 0.2) is 54.0 Å². The third-order valence-corrected chi connectivity index (χ3v) is 6.18. The first-order valence-corrected chi connectivity index (χ1v) is 13.2. The van der Waals surface area contributed by atoms with E-state index in [1.54, 1.807) is 0 Å². The van der Waals surface area contributed by atoms with Crippen LogP contribution in [0, 0.1) is 0 Å². The number of hydrogen-bond donors (Lipinski definition) is 1. The molecule has 1 N–H and O–H groups in total. The Labute approximate surface area is 201 Å². The first-order valence-electron chi connectivity index (χ1n) is 13.2. The van der Waals surface area contributed by atoms with Crippen molar-refractivity contribution in [1.29, 1.82) is 0 Å². The number of cyclic esters (lactones) is 1. The third kappa shape index (κ3) is 11.5. The second-order valence-corrected chi connectivity index (χ2v) is 9.11. The van der Waals surface area contributed by atoms with Gasteiger partial charge in [0.1, 0.15) is 6.61 Å². The molecule has 0 fully saturated rings. The summed E-state index contributed by atoms with van der Waals surface area (Å²) in [5, 5.41) is 10.3. The van der Waals surface area contributed by atoms with Crippen LogP contribution in [0.25, 0.3) is 0 Å². The van der Waals surface area contributed by atoms with Gasteiger partial charge in [-0.3, -0.25) is 0 Å². The first-order chi connectivity index (χ1) is 16.2. The largest absolute Gasteiger partial charge is 0.505 e. The summed E-state index contributed by atoms with van der Waals surface area (Å²) in [5.41, 5.74) is 0.940. The summed E-state index contributed by atoms with van der Waals surface area (Å²) in [6.07, 6.45) is 22.6. The summed E-state index contributed by atoms with van der Waals surface area (Å²) in [6, 6.07) is 9.57. The van der Waals surface area contributed by atoms with Crippen LogP contribution in [0.5, 0.6) is 0 Å². The van der Waals surface area contributed by atoms with E-state index in [9.17, 15) is 9.90 Å². The number of aliphatic hydroxyl groups excluding tert-OH is 1. The minimum absolute atomic E-state index is 0.0516. The number of benzene rings is 1. The highest BCUT2D eigenvalue weighted by molar-refractivity contribution is 5.89. The molecular formula is C29H44O4. The van der Waals surface area contributed by atoms with Crippen molar-refractivity contribution in [2.45, 2.75) is 116 Å². The molecular weight excluding hydrogens is 412 g/mol. The lowest BCUT2D eigenvalue weighted by Gasteiger charge is -2.07. The van der Waals surface area contributed by atoms with Gasteiger partial charge < -0.3 is 14.6 Å². The number of unbranched alkanes of at least 4 members (excludes halogenated alkanes) is 12. The molecule has 1 atom stereocenters. The lowest BCUT2D eigenvalue weighted by molar-refractivity contribution is -0.143. The Kier molecular flexibility index (Phi) is 14.1. The molecule has 0 amide bonds. The SMILES string of the molecule is CCCCCCCCCCCCCCC=CCC[C@H]1OC(=O)C(OCc2ccccc2)=C1O. The Hall–Kier alpha value is -2.23. The van der Waals surface area contributed by atoms with E-state index in [1.165, 1.54) is 77.0 Å². The molecule has 33 heavy (non-hydrogen) atoms. The van der Waals surface area contributed by atoms with Gasteiger partial charge in [0.25, 0.3) is 0 Å². The molecule has 1 aromatic rings. The number of hydrogen-bond acceptors (Lipinski definition) is 4. The van der Waals surface area contributed by atoms with Gasteiger partial charge in [0.2, 0.25) is 5.76 Å². The highest BCUT2D eigenvalue weighted by Gasteiger charge is 2.35. The Balaban J connectivity index is 1.47. The zero-order chi connectivity index (χ0) is 23.6. The van der Waals surface area contributed by atoms with Gasteiger partial charge in [0, 0.05) is 0 Å². The molecule has 1 aliphatic rings. The van der Waals surface area contributed by atoms with E-state index in [4.69, 9.17) is 9.47 Å². The van der Waals surface area contributed by atoms with E-state index in [0.29, 0.717) is 6.42 Å². The van der Waals surface area contributed by atoms with Crippen molar-refractivity contribution in [3.05, 3.63) is 59.6 Å². The fraction of sp³-hybridized carbons (Fsp3) is 0.621. The number of ether oxygens (including phenoxy) is 2. The van der Waals surface area contributed by atoms with E-state index in [-0.39, 0.29) is 18.1 Å². The van der Waals surface area contributed by atoms with Gasteiger partial charge >= 0.3 is 5.97 Å². The number of aliphatic hydroxyl groups is 1. The monoisotopic (exact) mass is 456 g/mol. The van der Waals surface area contributed by atoms with Crippen molar-refractivity contribution in [3.8, 4) is 0 Å². The molecule has 1 aromatic carbocycles. The summed E-state index contributed by atoms with van der Waals surface area (Å²) in [6.45, 7) is 2.51. The molecule has 0 bridgehead atoms. The molecule has 0 radical (unpaired) electrons. The smallest absolute Gasteiger partial charge is 0.378 e. The Morgan fingerprint density at radius 3 is 2.06 bits per heavy atom. The molecule has 2 rings (SSSR count). The van der Waals surface area contributed by atoms with E-state index < -0.39 is 12.1 Å². The Morgan fingerprint density at radius 2 is 1.42 bits per heavy atom. The van der Waals surface area contributed by atoms with Crippen molar-refractivity contribution < 1.29 is 19.4 Å². The lowest BCUT2D eigenvalue weighted by atomic mass is 10.0. The molecule has 0 saturated heterocycles. The minimum atomic E-state index is -0.598. The zero-order valence-corrected chi connectivity index (χ0v) is 20.6. The third-order valence-electron chi connectivity index (χ3n) is 6.18. The second kappa shape index (κ2) is 17.3. The fourth-order valence-corrected chi connectivity index (χ4v) is 4.13. The maximum absolute atomic E-state index is 12.0. The van der Waals surface area contributed by atoms with Crippen molar-refractivity contribution in [2.75, 3.05) is 0 Å². The highest BCUT2D eigenvalue weighted by Crippen LogP contribution is 2.26. The van der Waals surface area contributed by atoms with Crippen molar-refractivity contribution in [2.24, 2.45) is 0 Å². The fourth-order valence-electron chi connectivity index (χ4n) is 4.13. The molecule has 0 aromatic heterocycles. The van der Waals surface area contributed by atoms with Crippen LogP contribution in [-0.4, -0.2) is 17.2 Å². The van der Waals surface area contributed by atoms with Gasteiger partial charge in [-0.05, 0) is 31.2 Å².